The molecule has 0 heterocycles. The molecule has 2 rings (SSSR count). The highest BCUT2D eigenvalue weighted by Crippen LogP contribution is 2.77. The van der Waals surface area contributed by atoms with Gasteiger partial charge in [0.05, 0.1) is 21.5 Å². The lowest BCUT2D eigenvalue weighted by molar-refractivity contribution is 0.135. The summed E-state index contributed by atoms with van der Waals surface area (Å²) in [5.41, 5.74) is -2.41. The quantitative estimate of drug-likeness (QED) is 0.406. The zero-order valence-corrected chi connectivity index (χ0v) is 17.0. The van der Waals surface area contributed by atoms with Gasteiger partial charge in [0.15, 0.2) is 0 Å². The van der Waals surface area contributed by atoms with Crippen molar-refractivity contribution in [3.63, 3.8) is 0 Å². The van der Waals surface area contributed by atoms with Gasteiger partial charge in [-0.15, -0.1) is 116 Å². The van der Waals surface area contributed by atoms with Gasteiger partial charge >= 0.3 is 0 Å². The maximum absolute atomic E-state index is 6.47. The zero-order valence-electron chi connectivity index (χ0n) is 9.40. The third kappa shape index (κ3) is 2.03. The molecule has 0 nitrogen and oxygen atoms in total. The average molecular weight is 483 g/mol. The average Bonchev–Trinajstić information content (AvgIpc) is 2.67. The highest BCUT2D eigenvalue weighted by molar-refractivity contribution is 6.52. The van der Waals surface area contributed by atoms with Crippen LogP contribution in [0.5, 0.6) is 0 Å². The molecule has 2 aliphatic rings. The fourth-order valence-corrected chi connectivity index (χ4v) is 9.49. The number of alkyl halides is 10. The molecule has 0 aromatic rings. The summed E-state index contributed by atoms with van der Waals surface area (Å²) in [7, 11) is 0. The van der Waals surface area contributed by atoms with Crippen molar-refractivity contribution < 1.29 is 0 Å². The van der Waals surface area contributed by atoms with E-state index in [1.807, 2.05) is 0 Å². The molecular weight excluding hydrogens is 475 g/mol. The molecule has 2 fully saturated rings. The standard InChI is InChI=1S/C10H8Cl10/c11-2-1-3(12)5(14)10(4(2)13,8(19)20)9(1,6(15)16)7(17)18/h1-8H/t1?,2-,3-,4+,5+,10?/m1/s1. The first kappa shape index (κ1) is 19.2. The van der Waals surface area contributed by atoms with Crippen LogP contribution in [-0.2, 0) is 0 Å². The minimum atomic E-state index is -1.20. The predicted octanol–water partition coefficient (Wildman–Crippen LogP) is 6.44. The van der Waals surface area contributed by atoms with Crippen LogP contribution >= 0.6 is 116 Å². The van der Waals surface area contributed by atoms with E-state index >= 15 is 0 Å². The van der Waals surface area contributed by atoms with E-state index < -0.39 is 52.8 Å². The Labute approximate surface area is 167 Å². The van der Waals surface area contributed by atoms with Crippen LogP contribution in [0.3, 0.4) is 0 Å². The van der Waals surface area contributed by atoms with E-state index in [1.54, 1.807) is 0 Å². The topological polar surface area (TPSA) is 0 Å². The fourth-order valence-electron chi connectivity index (χ4n) is 3.71. The van der Waals surface area contributed by atoms with E-state index in [0.29, 0.717) is 0 Å². The van der Waals surface area contributed by atoms with Crippen LogP contribution in [0, 0.1) is 16.7 Å². The van der Waals surface area contributed by atoms with Crippen LogP contribution in [0.25, 0.3) is 0 Å². The molecule has 0 unspecified atom stereocenters. The summed E-state index contributed by atoms with van der Waals surface area (Å²) in [4.78, 5) is -3.12. The minimum Gasteiger partial charge on any atom is -0.121 e. The molecule has 2 bridgehead atoms. The smallest absolute Gasteiger partial charge is 0.117 e. The molecule has 0 radical (unpaired) electrons. The summed E-state index contributed by atoms with van der Waals surface area (Å²) in [6.45, 7) is 0. The first-order valence-corrected chi connectivity index (χ1v) is 9.86. The van der Waals surface area contributed by atoms with Gasteiger partial charge in [-0.2, -0.15) is 0 Å². The van der Waals surface area contributed by atoms with Crippen molar-refractivity contribution in [2.45, 2.75) is 36.0 Å². The molecule has 0 aromatic carbocycles. The normalized spacial score (nSPS) is 47.0. The Morgan fingerprint density at radius 3 is 1.15 bits per heavy atom. The monoisotopic (exact) mass is 478 g/mol. The van der Waals surface area contributed by atoms with E-state index in [2.05, 4.69) is 0 Å². The van der Waals surface area contributed by atoms with Crippen molar-refractivity contribution in [3.8, 4) is 0 Å². The zero-order chi connectivity index (χ0) is 15.6. The predicted molar refractivity (Wildman–Crippen MR) is 93.4 cm³/mol. The Bertz CT molecular complexity index is 347. The molecule has 0 N–H and O–H groups in total. The van der Waals surface area contributed by atoms with Gasteiger partial charge in [0.2, 0.25) is 0 Å². The third-order valence-electron chi connectivity index (χ3n) is 4.54. The van der Waals surface area contributed by atoms with Crippen LogP contribution < -0.4 is 0 Å². The first-order chi connectivity index (χ1) is 9.09. The van der Waals surface area contributed by atoms with Crippen LogP contribution in [0.2, 0.25) is 0 Å². The van der Waals surface area contributed by atoms with Gasteiger partial charge in [-0.3, -0.25) is 0 Å². The Morgan fingerprint density at radius 1 is 0.600 bits per heavy atom. The van der Waals surface area contributed by atoms with Crippen LogP contribution in [0.1, 0.15) is 0 Å². The Hall–Kier alpha value is 2.90. The summed E-state index contributed by atoms with van der Waals surface area (Å²) in [5.74, 6) is -0.518. The molecular formula is C10H8Cl10. The lowest BCUT2D eigenvalue weighted by Crippen LogP contribution is -2.56. The maximum Gasteiger partial charge on any atom is 0.117 e. The summed E-state index contributed by atoms with van der Waals surface area (Å²) in [5, 5.41) is -2.64. The number of rotatable bonds is 3. The molecule has 2 aliphatic carbocycles. The van der Waals surface area contributed by atoms with Crippen molar-refractivity contribution in [2.24, 2.45) is 16.7 Å². The minimum absolute atomic E-state index is 0.518. The third-order valence-corrected chi connectivity index (χ3v) is 9.28. The number of fused-ring (bicyclic) bond motifs is 2. The highest BCUT2D eigenvalue weighted by atomic mass is 35.5. The molecule has 0 amide bonds. The first-order valence-electron chi connectivity index (χ1n) is 5.50. The molecule has 4 atom stereocenters. The van der Waals surface area contributed by atoms with Gasteiger partial charge in [0.25, 0.3) is 0 Å². The second kappa shape index (κ2) is 6.32. The van der Waals surface area contributed by atoms with E-state index in [-0.39, 0.29) is 0 Å². The number of halogens is 10. The van der Waals surface area contributed by atoms with E-state index in [0.717, 1.165) is 0 Å². The molecule has 118 valence electrons. The second-order valence-corrected chi connectivity index (χ2v) is 10.2. The number of hydrogen-bond donors (Lipinski definition) is 0. The van der Waals surface area contributed by atoms with Crippen molar-refractivity contribution in [2.75, 3.05) is 0 Å². The van der Waals surface area contributed by atoms with Crippen molar-refractivity contribution in [1.82, 2.24) is 0 Å². The van der Waals surface area contributed by atoms with Gasteiger partial charge in [-0.1, -0.05) is 0 Å². The lowest BCUT2D eigenvalue weighted by Gasteiger charge is -2.48. The van der Waals surface area contributed by atoms with Crippen LogP contribution in [0.15, 0.2) is 0 Å². The maximum atomic E-state index is 6.47. The fraction of sp³-hybridized carbons (Fsp3) is 1.00. The SMILES string of the molecule is ClC(Cl)C1(C(Cl)Cl)C2[C@@H](Cl)[C@H](Cl)C1(C(Cl)Cl)[C@@H](Cl)[C@@H]2Cl. The molecule has 20 heavy (non-hydrogen) atoms. The van der Waals surface area contributed by atoms with Gasteiger partial charge in [0, 0.05) is 16.7 Å². The molecule has 0 saturated heterocycles. The van der Waals surface area contributed by atoms with Crippen molar-refractivity contribution >= 4 is 116 Å². The molecule has 0 aromatic heterocycles. The van der Waals surface area contributed by atoms with Crippen LogP contribution in [0.4, 0.5) is 0 Å². The van der Waals surface area contributed by atoms with Gasteiger partial charge in [-0.25, -0.2) is 0 Å². The van der Waals surface area contributed by atoms with E-state index in [1.165, 1.54) is 0 Å². The van der Waals surface area contributed by atoms with Crippen LogP contribution in [-0.4, -0.2) is 36.0 Å². The molecule has 10 heteroatoms. The lowest BCUT2D eigenvalue weighted by atomic mass is 9.69. The van der Waals surface area contributed by atoms with Gasteiger partial charge in [-0.05, 0) is 0 Å². The van der Waals surface area contributed by atoms with E-state index in [4.69, 9.17) is 116 Å². The second-order valence-electron chi connectivity index (χ2n) is 4.99. The van der Waals surface area contributed by atoms with Crippen molar-refractivity contribution in [3.05, 3.63) is 0 Å². The summed E-state index contributed by atoms with van der Waals surface area (Å²) in [6, 6.07) is 0. The Balaban J connectivity index is 2.78. The Morgan fingerprint density at radius 2 is 0.950 bits per heavy atom. The Kier molecular flexibility index (Phi) is 6.08. The van der Waals surface area contributed by atoms with E-state index in [9.17, 15) is 0 Å². The summed E-state index contributed by atoms with van der Waals surface area (Å²) in [6.07, 6.45) is 0. The highest BCUT2D eigenvalue weighted by Gasteiger charge is 2.84. The van der Waals surface area contributed by atoms with Gasteiger partial charge in [0.1, 0.15) is 14.5 Å². The molecule has 2 saturated carbocycles. The van der Waals surface area contributed by atoms with Gasteiger partial charge < -0.3 is 0 Å². The molecule has 0 aliphatic heterocycles. The number of hydrogen-bond acceptors (Lipinski definition) is 0. The summed E-state index contributed by atoms with van der Waals surface area (Å²) >= 11 is 63.0. The van der Waals surface area contributed by atoms with Crippen molar-refractivity contribution in [1.29, 1.82) is 0 Å². The molecule has 0 spiro atoms. The largest absolute Gasteiger partial charge is 0.121 e. The summed E-state index contributed by atoms with van der Waals surface area (Å²) < 4.78 is 0.